The topological polar surface area (TPSA) is 55.4 Å². The van der Waals surface area contributed by atoms with E-state index < -0.39 is 0 Å². The number of nitrogens with one attached hydrogen (secondary N) is 1. The zero-order valence-corrected chi connectivity index (χ0v) is 16.0. The molecule has 0 aromatic carbocycles. The van der Waals surface area contributed by atoms with Gasteiger partial charge in [0.05, 0.1) is 12.2 Å². The lowest BCUT2D eigenvalue weighted by Crippen LogP contribution is -2.42. The third kappa shape index (κ3) is 3.54. The van der Waals surface area contributed by atoms with Crippen molar-refractivity contribution in [3.8, 4) is 0 Å². The predicted octanol–water partition coefficient (Wildman–Crippen LogP) is 4.27. The van der Waals surface area contributed by atoms with Gasteiger partial charge in [-0.05, 0) is 44.4 Å². The molecule has 4 heteroatoms. The maximum Gasteiger partial charge on any atom is 0.336 e. The lowest BCUT2D eigenvalue weighted by atomic mass is 9.65. The van der Waals surface area contributed by atoms with E-state index in [1.807, 2.05) is 13.8 Å². The van der Waals surface area contributed by atoms with E-state index in [0.29, 0.717) is 24.5 Å². The number of esters is 1. The van der Waals surface area contributed by atoms with E-state index in [0.717, 1.165) is 36.2 Å². The Labute approximate surface area is 151 Å². The van der Waals surface area contributed by atoms with Crippen molar-refractivity contribution in [1.29, 1.82) is 0 Å². The monoisotopic (exact) mass is 345 g/mol. The Hall–Kier alpha value is -1.58. The molecule has 1 unspecified atom stereocenters. The Morgan fingerprint density at radius 1 is 1.20 bits per heavy atom. The van der Waals surface area contributed by atoms with Crippen LogP contribution >= 0.6 is 0 Å². The number of Topliss-reactive ketones (excluding diaryl/α,β-unsaturated/α-hetero) is 1. The van der Waals surface area contributed by atoms with Gasteiger partial charge in [-0.15, -0.1) is 0 Å². The molecular formula is C21H31NO3. The second-order valence-electron chi connectivity index (χ2n) is 8.59. The lowest BCUT2D eigenvalue weighted by molar-refractivity contribution is -0.139. The van der Waals surface area contributed by atoms with Gasteiger partial charge in [-0.25, -0.2) is 4.79 Å². The molecule has 1 fully saturated rings. The van der Waals surface area contributed by atoms with Gasteiger partial charge in [0, 0.05) is 29.3 Å². The number of ketones is 1. The molecule has 1 atom stereocenters. The molecule has 0 spiro atoms. The molecule has 1 heterocycles. The zero-order chi connectivity index (χ0) is 18.2. The summed E-state index contributed by atoms with van der Waals surface area (Å²) >= 11 is 0. The minimum atomic E-state index is -0.257. The van der Waals surface area contributed by atoms with E-state index in [9.17, 15) is 9.59 Å². The maximum atomic E-state index is 13.1. The normalized spacial score (nSPS) is 27.0. The van der Waals surface area contributed by atoms with Crippen molar-refractivity contribution < 1.29 is 14.3 Å². The summed E-state index contributed by atoms with van der Waals surface area (Å²) in [7, 11) is 0. The molecule has 0 bridgehead atoms. The van der Waals surface area contributed by atoms with Crippen molar-refractivity contribution in [3.63, 3.8) is 0 Å². The van der Waals surface area contributed by atoms with Crippen molar-refractivity contribution >= 4 is 11.8 Å². The SMILES string of the molecule is CCOC(=O)C1=C(C)NC2=C(C(=O)CC(C)(C)C2)C1C1CCCCC1. The van der Waals surface area contributed by atoms with Gasteiger partial charge in [0.1, 0.15) is 0 Å². The summed E-state index contributed by atoms with van der Waals surface area (Å²) in [6, 6.07) is 0. The largest absolute Gasteiger partial charge is 0.463 e. The third-order valence-electron chi connectivity index (χ3n) is 5.90. The Balaban J connectivity index is 2.05. The highest BCUT2D eigenvalue weighted by atomic mass is 16.5. The first-order valence-corrected chi connectivity index (χ1v) is 9.75. The molecule has 3 rings (SSSR count). The van der Waals surface area contributed by atoms with Crippen molar-refractivity contribution in [3.05, 3.63) is 22.5 Å². The first-order valence-electron chi connectivity index (χ1n) is 9.75. The van der Waals surface area contributed by atoms with Crippen LogP contribution in [-0.2, 0) is 14.3 Å². The number of hydrogen-bond acceptors (Lipinski definition) is 4. The van der Waals surface area contributed by atoms with Crippen LogP contribution in [0.5, 0.6) is 0 Å². The highest BCUT2D eigenvalue weighted by Gasteiger charge is 2.45. The number of ether oxygens (including phenoxy) is 1. The van der Waals surface area contributed by atoms with Gasteiger partial charge in [0.25, 0.3) is 0 Å². The van der Waals surface area contributed by atoms with Crippen LogP contribution in [0.25, 0.3) is 0 Å². The second kappa shape index (κ2) is 6.97. The minimum absolute atomic E-state index is 0.0260. The molecule has 3 aliphatic rings. The van der Waals surface area contributed by atoms with Crippen LogP contribution in [0.4, 0.5) is 0 Å². The van der Waals surface area contributed by atoms with Crippen molar-refractivity contribution in [2.45, 2.75) is 72.6 Å². The van der Waals surface area contributed by atoms with Crippen LogP contribution in [0.2, 0.25) is 0 Å². The molecular weight excluding hydrogens is 314 g/mol. The number of carbonyl (C=O) groups excluding carboxylic acids is 2. The Kier molecular flexibility index (Phi) is 5.08. The van der Waals surface area contributed by atoms with E-state index in [1.54, 1.807) is 0 Å². The van der Waals surface area contributed by atoms with Gasteiger partial charge in [-0.2, -0.15) is 0 Å². The number of dihydropyridines is 1. The van der Waals surface area contributed by atoms with Crippen LogP contribution < -0.4 is 5.32 Å². The fraction of sp³-hybridized carbons (Fsp3) is 0.714. The number of rotatable bonds is 3. The van der Waals surface area contributed by atoms with E-state index in [1.165, 1.54) is 19.3 Å². The molecule has 2 aliphatic carbocycles. The van der Waals surface area contributed by atoms with Crippen LogP contribution in [0.1, 0.15) is 72.6 Å². The van der Waals surface area contributed by atoms with Crippen LogP contribution in [0.15, 0.2) is 22.5 Å². The molecule has 4 nitrogen and oxygen atoms in total. The summed E-state index contributed by atoms with van der Waals surface area (Å²) in [5.41, 5.74) is 3.46. The standard InChI is InChI=1S/C21H31NO3/c1-5-25-20(24)17-13(2)22-15-11-21(3,4)12-16(23)19(15)18(17)14-9-7-6-8-10-14/h14,18,22H,5-12H2,1-4H3. The van der Waals surface area contributed by atoms with Crippen molar-refractivity contribution in [2.75, 3.05) is 6.61 Å². The summed E-state index contributed by atoms with van der Waals surface area (Å²) in [5, 5.41) is 3.40. The van der Waals surface area contributed by atoms with E-state index >= 15 is 0 Å². The molecule has 0 radical (unpaired) electrons. The van der Waals surface area contributed by atoms with Crippen LogP contribution in [0, 0.1) is 17.3 Å². The van der Waals surface area contributed by atoms with Gasteiger partial charge < -0.3 is 10.1 Å². The molecule has 25 heavy (non-hydrogen) atoms. The summed E-state index contributed by atoms with van der Waals surface area (Å²) in [6.45, 7) is 8.44. The number of allylic oxidation sites excluding steroid dienone is 3. The molecule has 0 saturated heterocycles. The summed E-state index contributed by atoms with van der Waals surface area (Å²) in [4.78, 5) is 25.8. The summed E-state index contributed by atoms with van der Waals surface area (Å²) < 4.78 is 5.36. The van der Waals surface area contributed by atoms with E-state index in [2.05, 4.69) is 19.2 Å². The van der Waals surface area contributed by atoms with Gasteiger partial charge >= 0.3 is 5.97 Å². The fourth-order valence-corrected chi connectivity index (χ4v) is 4.91. The van der Waals surface area contributed by atoms with E-state index in [4.69, 9.17) is 4.74 Å². The Morgan fingerprint density at radius 2 is 1.88 bits per heavy atom. The Bertz CT molecular complexity index is 636. The number of carbonyl (C=O) groups is 2. The molecule has 0 amide bonds. The Morgan fingerprint density at radius 3 is 2.52 bits per heavy atom. The highest BCUT2D eigenvalue weighted by Crippen LogP contribution is 2.48. The lowest BCUT2D eigenvalue weighted by Gasteiger charge is -2.42. The maximum absolute atomic E-state index is 13.1. The van der Waals surface area contributed by atoms with Crippen molar-refractivity contribution in [2.24, 2.45) is 17.3 Å². The smallest absolute Gasteiger partial charge is 0.336 e. The molecule has 1 aliphatic heterocycles. The molecule has 1 N–H and O–H groups in total. The van der Waals surface area contributed by atoms with E-state index in [-0.39, 0.29) is 23.1 Å². The molecule has 0 aromatic heterocycles. The highest BCUT2D eigenvalue weighted by molar-refractivity contribution is 6.02. The van der Waals surface area contributed by atoms with Gasteiger partial charge in [-0.1, -0.05) is 33.1 Å². The molecule has 0 aromatic rings. The zero-order valence-electron chi connectivity index (χ0n) is 16.0. The first kappa shape index (κ1) is 18.2. The first-order chi connectivity index (χ1) is 11.8. The summed E-state index contributed by atoms with van der Waals surface area (Å²) in [6.07, 6.45) is 7.24. The van der Waals surface area contributed by atoms with Crippen molar-refractivity contribution in [1.82, 2.24) is 5.32 Å². The van der Waals surface area contributed by atoms with Crippen LogP contribution in [-0.4, -0.2) is 18.4 Å². The fourth-order valence-electron chi connectivity index (χ4n) is 4.91. The molecule has 138 valence electrons. The van der Waals surface area contributed by atoms with Gasteiger partial charge in [0.15, 0.2) is 5.78 Å². The number of hydrogen-bond donors (Lipinski definition) is 1. The average molecular weight is 345 g/mol. The minimum Gasteiger partial charge on any atom is -0.463 e. The average Bonchev–Trinajstić information content (AvgIpc) is 2.53. The van der Waals surface area contributed by atoms with Crippen LogP contribution in [0.3, 0.4) is 0 Å². The summed E-state index contributed by atoms with van der Waals surface area (Å²) in [5.74, 6) is 0.246. The predicted molar refractivity (Wildman–Crippen MR) is 97.6 cm³/mol. The third-order valence-corrected chi connectivity index (χ3v) is 5.90. The van der Waals surface area contributed by atoms with Gasteiger partial charge in [-0.3, -0.25) is 4.79 Å². The second-order valence-corrected chi connectivity index (χ2v) is 8.59. The quantitative estimate of drug-likeness (QED) is 0.776. The molecule has 1 saturated carbocycles. The van der Waals surface area contributed by atoms with Gasteiger partial charge in [0.2, 0.25) is 0 Å².